The summed E-state index contributed by atoms with van der Waals surface area (Å²) < 4.78 is 0. The number of carboxylic acid groups (broad SMARTS) is 1. The van der Waals surface area contributed by atoms with Gasteiger partial charge in [-0.1, -0.05) is 32.4 Å². The highest BCUT2D eigenvalue weighted by molar-refractivity contribution is 5.75. The van der Waals surface area contributed by atoms with E-state index in [4.69, 9.17) is 5.11 Å². The fraction of sp³-hybridized carbons (Fsp3) is 0.714. The van der Waals surface area contributed by atoms with Gasteiger partial charge in [0.2, 0.25) is 0 Å². The Hall–Kier alpha value is -1.52. The van der Waals surface area contributed by atoms with E-state index in [1.807, 2.05) is 0 Å². The second-order valence-corrected chi connectivity index (χ2v) is 6.02. The van der Waals surface area contributed by atoms with E-state index in [0.29, 0.717) is 13.1 Å². The van der Waals surface area contributed by atoms with E-state index in [1.54, 1.807) is 11.9 Å². The lowest BCUT2D eigenvalue weighted by atomic mass is 9.83. The summed E-state index contributed by atoms with van der Waals surface area (Å²) in [6.45, 7) is 8.10. The third kappa shape index (κ3) is 4.58. The summed E-state index contributed by atoms with van der Waals surface area (Å²) in [4.78, 5) is 25.8. The van der Waals surface area contributed by atoms with Crippen molar-refractivity contribution >= 4 is 12.0 Å². The maximum atomic E-state index is 12.1. The summed E-state index contributed by atoms with van der Waals surface area (Å²) in [5, 5.41) is 8.62. The van der Waals surface area contributed by atoms with E-state index in [9.17, 15) is 9.59 Å². The molecule has 1 rings (SSSR count). The molecule has 0 saturated heterocycles. The fourth-order valence-electron chi connectivity index (χ4n) is 2.12. The van der Waals surface area contributed by atoms with Gasteiger partial charge in [0, 0.05) is 26.7 Å². The zero-order valence-corrected chi connectivity index (χ0v) is 12.3. The van der Waals surface area contributed by atoms with Gasteiger partial charge in [-0.2, -0.15) is 0 Å². The lowest BCUT2D eigenvalue weighted by Crippen LogP contribution is -2.44. The zero-order valence-electron chi connectivity index (χ0n) is 12.3. The molecule has 1 aliphatic heterocycles. The van der Waals surface area contributed by atoms with Crippen LogP contribution in [0.5, 0.6) is 0 Å². The standard InChI is InChI=1S/C14H24N2O3/c1-14(2,3)11-5-9-16(10-6-11)13(19)15(4)8-7-12(17)18/h5H,6-10H2,1-4H3,(H,17,18). The Morgan fingerprint density at radius 3 is 2.47 bits per heavy atom. The lowest BCUT2D eigenvalue weighted by Gasteiger charge is -2.34. The van der Waals surface area contributed by atoms with Crippen molar-refractivity contribution in [2.24, 2.45) is 5.41 Å². The van der Waals surface area contributed by atoms with Crippen LogP contribution in [0.2, 0.25) is 0 Å². The van der Waals surface area contributed by atoms with Gasteiger partial charge >= 0.3 is 12.0 Å². The van der Waals surface area contributed by atoms with Crippen molar-refractivity contribution < 1.29 is 14.7 Å². The maximum absolute atomic E-state index is 12.1. The number of carbonyl (C=O) groups is 2. The predicted octanol–water partition coefficient (Wildman–Crippen LogP) is 2.19. The maximum Gasteiger partial charge on any atom is 0.320 e. The molecular formula is C14H24N2O3. The van der Waals surface area contributed by atoms with E-state index >= 15 is 0 Å². The second kappa shape index (κ2) is 6.08. The van der Waals surface area contributed by atoms with Crippen LogP contribution in [0.1, 0.15) is 33.6 Å². The smallest absolute Gasteiger partial charge is 0.320 e. The SMILES string of the molecule is CN(CCC(=O)O)C(=O)N1CC=C(C(C)(C)C)CC1. The van der Waals surface area contributed by atoms with Gasteiger partial charge in [-0.15, -0.1) is 0 Å². The quantitative estimate of drug-likeness (QED) is 0.798. The third-order valence-electron chi connectivity index (χ3n) is 3.43. The minimum absolute atomic E-state index is 0.0147. The average molecular weight is 268 g/mol. The van der Waals surface area contributed by atoms with Gasteiger partial charge in [0.1, 0.15) is 0 Å². The molecule has 0 aliphatic carbocycles. The van der Waals surface area contributed by atoms with E-state index in [2.05, 4.69) is 26.8 Å². The third-order valence-corrected chi connectivity index (χ3v) is 3.43. The number of amides is 2. The summed E-state index contributed by atoms with van der Waals surface area (Å²) in [7, 11) is 1.65. The summed E-state index contributed by atoms with van der Waals surface area (Å²) >= 11 is 0. The molecule has 0 bridgehead atoms. The first kappa shape index (κ1) is 15.5. The molecule has 0 fully saturated rings. The molecule has 0 aromatic rings. The van der Waals surface area contributed by atoms with Crippen LogP contribution in [0, 0.1) is 5.41 Å². The number of hydrogen-bond donors (Lipinski definition) is 1. The van der Waals surface area contributed by atoms with Crippen molar-refractivity contribution in [2.75, 3.05) is 26.7 Å². The molecule has 5 heteroatoms. The fourth-order valence-corrected chi connectivity index (χ4v) is 2.12. The summed E-state index contributed by atoms with van der Waals surface area (Å²) in [6, 6.07) is -0.0922. The molecule has 2 amide bonds. The van der Waals surface area contributed by atoms with Crippen molar-refractivity contribution in [3.63, 3.8) is 0 Å². The topological polar surface area (TPSA) is 60.9 Å². The summed E-state index contributed by atoms with van der Waals surface area (Å²) in [5.74, 6) is -0.881. The Kier molecular flexibility index (Phi) is 4.97. The second-order valence-electron chi connectivity index (χ2n) is 6.02. The molecule has 1 N–H and O–H groups in total. The molecule has 1 heterocycles. The minimum Gasteiger partial charge on any atom is -0.481 e. The van der Waals surface area contributed by atoms with E-state index in [1.165, 1.54) is 10.5 Å². The minimum atomic E-state index is -0.881. The first-order valence-corrected chi connectivity index (χ1v) is 6.63. The lowest BCUT2D eigenvalue weighted by molar-refractivity contribution is -0.137. The molecule has 108 valence electrons. The first-order chi connectivity index (χ1) is 8.71. The van der Waals surface area contributed by atoms with Crippen molar-refractivity contribution in [1.82, 2.24) is 9.80 Å². The highest BCUT2D eigenvalue weighted by atomic mass is 16.4. The van der Waals surface area contributed by atoms with Crippen molar-refractivity contribution in [2.45, 2.75) is 33.6 Å². The van der Waals surface area contributed by atoms with Crippen molar-refractivity contribution in [3.8, 4) is 0 Å². The van der Waals surface area contributed by atoms with E-state index in [-0.39, 0.29) is 24.4 Å². The molecule has 5 nitrogen and oxygen atoms in total. The van der Waals surface area contributed by atoms with Crippen LogP contribution in [0.15, 0.2) is 11.6 Å². The molecule has 0 aromatic heterocycles. The number of carboxylic acids is 1. The predicted molar refractivity (Wildman–Crippen MR) is 74.0 cm³/mol. The largest absolute Gasteiger partial charge is 0.481 e. The summed E-state index contributed by atoms with van der Waals surface area (Å²) in [6.07, 6.45) is 2.99. The number of urea groups is 1. The Morgan fingerprint density at radius 2 is 2.05 bits per heavy atom. The molecule has 19 heavy (non-hydrogen) atoms. The Labute approximate surface area is 114 Å². The van der Waals surface area contributed by atoms with Crippen LogP contribution in [-0.2, 0) is 4.79 Å². The first-order valence-electron chi connectivity index (χ1n) is 6.63. The van der Waals surface area contributed by atoms with Crippen molar-refractivity contribution in [1.29, 1.82) is 0 Å². The van der Waals surface area contributed by atoms with Crippen LogP contribution >= 0.6 is 0 Å². The van der Waals surface area contributed by atoms with Crippen LogP contribution < -0.4 is 0 Å². The van der Waals surface area contributed by atoms with Crippen molar-refractivity contribution in [3.05, 3.63) is 11.6 Å². The van der Waals surface area contributed by atoms with Gasteiger partial charge in [0.25, 0.3) is 0 Å². The number of nitrogens with zero attached hydrogens (tertiary/aromatic N) is 2. The molecule has 0 saturated carbocycles. The van der Waals surface area contributed by atoms with Crippen LogP contribution in [0.25, 0.3) is 0 Å². The number of aliphatic carboxylic acids is 1. The van der Waals surface area contributed by atoms with Crippen LogP contribution in [-0.4, -0.2) is 53.6 Å². The molecular weight excluding hydrogens is 244 g/mol. The zero-order chi connectivity index (χ0) is 14.6. The van der Waals surface area contributed by atoms with Gasteiger partial charge in [-0.25, -0.2) is 4.79 Å². The molecule has 1 aliphatic rings. The summed E-state index contributed by atoms with van der Waals surface area (Å²) in [5.41, 5.74) is 1.54. The Balaban J connectivity index is 2.53. The van der Waals surface area contributed by atoms with Crippen LogP contribution in [0.4, 0.5) is 4.79 Å². The highest BCUT2D eigenvalue weighted by Crippen LogP contribution is 2.30. The van der Waals surface area contributed by atoms with Gasteiger partial charge in [-0.3, -0.25) is 4.79 Å². The normalized spacial score (nSPS) is 16.0. The van der Waals surface area contributed by atoms with E-state index < -0.39 is 5.97 Å². The molecule has 0 radical (unpaired) electrons. The van der Waals surface area contributed by atoms with Gasteiger partial charge in [0.15, 0.2) is 0 Å². The average Bonchev–Trinajstić information content (AvgIpc) is 2.34. The number of carbonyl (C=O) groups excluding carboxylic acids is 1. The highest BCUT2D eigenvalue weighted by Gasteiger charge is 2.25. The number of hydrogen-bond acceptors (Lipinski definition) is 2. The van der Waals surface area contributed by atoms with Gasteiger partial charge in [0.05, 0.1) is 6.42 Å². The van der Waals surface area contributed by atoms with Crippen LogP contribution in [0.3, 0.4) is 0 Å². The number of rotatable bonds is 3. The molecule has 0 unspecified atom stereocenters. The molecule has 0 spiro atoms. The Morgan fingerprint density at radius 1 is 1.42 bits per heavy atom. The Bertz CT molecular complexity index is 383. The molecule has 0 atom stereocenters. The van der Waals surface area contributed by atoms with Gasteiger partial charge in [-0.05, 0) is 11.8 Å². The van der Waals surface area contributed by atoms with E-state index in [0.717, 1.165) is 6.42 Å². The monoisotopic (exact) mass is 268 g/mol. The van der Waals surface area contributed by atoms with Gasteiger partial charge < -0.3 is 14.9 Å². The molecule has 0 aromatic carbocycles.